The average molecular weight is 334 g/mol. The van der Waals surface area contributed by atoms with Crippen LogP contribution in [0.25, 0.3) is 0 Å². The third-order valence-corrected chi connectivity index (χ3v) is 3.76. The fourth-order valence-electron chi connectivity index (χ4n) is 2.44. The number of benzene rings is 2. The first-order valence-electron chi connectivity index (χ1n) is 7.20. The Morgan fingerprint density at radius 1 is 1.30 bits per heavy atom. The van der Waals surface area contributed by atoms with Crippen molar-refractivity contribution in [3.8, 4) is 17.2 Å². The van der Waals surface area contributed by atoms with Gasteiger partial charge in [-0.2, -0.15) is 0 Å². The van der Waals surface area contributed by atoms with Gasteiger partial charge in [-0.15, -0.1) is 0 Å². The second-order valence-corrected chi connectivity index (χ2v) is 5.34. The summed E-state index contributed by atoms with van der Waals surface area (Å²) in [6.45, 7) is 2.34. The second kappa shape index (κ2) is 6.38. The molecule has 23 heavy (non-hydrogen) atoms. The van der Waals surface area contributed by atoms with E-state index in [1.54, 1.807) is 30.3 Å². The average Bonchev–Trinajstić information content (AvgIpc) is 2.56. The number of amides is 1. The van der Waals surface area contributed by atoms with Gasteiger partial charge in [0.2, 0.25) is 0 Å². The van der Waals surface area contributed by atoms with Gasteiger partial charge in [-0.25, -0.2) is 0 Å². The van der Waals surface area contributed by atoms with E-state index in [-0.39, 0.29) is 5.91 Å². The molecule has 1 aliphatic heterocycles. The number of hydrogen-bond donors (Lipinski definition) is 1. The van der Waals surface area contributed by atoms with E-state index in [2.05, 4.69) is 5.32 Å². The molecule has 0 aliphatic carbocycles. The van der Waals surface area contributed by atoms with Gasteiger partial charge in [0.25, 0.3) is 5.91 Å². The Balaban J connectivity index is 1.97. The van der Waals surface area contributed by atoms with E-state index < -0.39 is 6.23 Å². The highest BCUT2D eigenvalue weighted by Gasteiger charge is 2.27. The number of rotatable bonds is 4. The van der Waals surface area contributed by atoms with Gasteiger partial charge in [0.1, 0.15) is 5.75 Å². The highest BCUT2D eigenvalue weighted by atomic mass is 35.5. The van der Waals surface area contributed by atoms with Crippen molar-refractivity contribution in [1.29, 1.82) is 0 Å². The molecule has 6 heteroatoms. The van der Waals surface area contributed by atoms with Crippen molar-refractivity contribution in [3.05, 3.63) is 52.5 Å². The van der Waals surface area contributed by atoms with Crippen molar-refractivity contribution in [2.45, 2.75) is 13.2 Å². The van der Waals surface area contributed by atoms with Crippen molar-refractivity contribution in [3.63, 3.8) is 0 Å². The Hall–Kier alpha value is -2.40. The van der Waals surface area contributed by atoms with Crippen LogP contribution in [0.3, 0.4) is 0 Å². The number of hydrogen-bond acceptors (Lipinski definition) is 4. The van der Waals surface area contributed by atoms with Crippen LogP contribution >= 0.6 is 11.6 Å². The number of carbonyl (C=O) groups excluding carboxylic acids is 1. The minimum absolute atomic E-state index is 0.194. The van der Waals surface area contributed by atoms with Crippen LogP contribution in [0.2, 0.25) is 5.02 Å². The predicted molar refractivity (Wildman–Crippen MR) is 86.5 cm³/mol. The molecule has 0 unspecified atom stereocenters. The molecule has 1 aliphatic rings. The molecule has 120 valence electrons. The largest absolute Gasteiger partial charge is 0.493 e. The Morgan fingerprint density at radius 3 is 2.83 bits per heavy atom. The van der Waals surface area contributed by atoms with E-state index in [9.17, 15) is 4.79 Å². The molecule has 1 heterocycles. The number of para-hydroxylation sites is 1. The molecule has 0 saturated carbocycles. The smallest absolute Gasteiger partial charge is 0.258 e. The van der Waals surface area contributed by atoms with E-state index in [4.69, 9.17) is 25.8 Å². The summed E-state index contributed by atoms with van der Waals surface area (Å²) in [4.78, 5) is 12.2. The van der Waals surface area contributed by atoms with Crippen LogP contribution in [0.4, 0.5) is 0 Å². The molecule has 2 aromatic rings. The van der Waals surface area contributed by atoms with Gasteiger partial charge in [-0.05, 0) is 31.2 Å². The van der Waals surface area contributed by atoms with Gasteiger partial charge in [-0.1, -0.05) is 23.7 Å². The van der Waals surface area contributed by atoms with Crippen molar-refractivity contribution >= 4 is 17.5 Å². The summed E-state index contributed by atoms with van der Waals surface area (Å²) in [6.07, 6.45) is -0.639. The Kier molecular flexibility index (Phi) is 4.30. The minimum Gasteiger partial charge on any atom is -0.493 e. The van der Waals surface area contributed by atoms with E-state index in [1.807, 2.05) is 13.0 Å². The van der Waals surface area contributed by atoms with Crippen LogP contribution in [-0.4, -0.2) is 19.6 Å². The molecule has 0 fully saturated rings. The Morgan fingerprint density at radius 2 is 2.09 bits per heavy atom. The van der Waals surface area contributed by atoms with Crippen molar-refractivity contribution < 1.29 is 19.0 Å². The minimum atomic E-state index is -0.639. The van der Waals surface area contributed by atoms with Gasteiger partial charge in [0.05, 0.1) is 24.3 Å². The molecule has 0 radical (unpaired) electrons. The molecule has 0 spiro atoms. The Bertz CT molecular complexity index is 747. The van der Waals surface area contributed by atoms with Gasteiger partial charge < -0.3 is 19.5 Å². The maximum atomic E-state index is 12.2. The topological polar surface area (TPSA) is 56.8 Å². The first kappa shape index (κ1) is 15.5. The van der Waals surface area contributed by atoms with Crippen LogP contribution in [0.1, 0.15) is 29.1 Å². The van der Waals surface area contributed by atoms with E-state index >= 15 is 0 Å². The highest BCUT2D eigenvalue weighted by Crippen LogP contribution is 2.39. The SMILES string of the molecule is CCOc1c(Cl)cc([C@H]2NC(=O)c3ccccc3O2)cc1OC. The van der Waals surface area contributed by atoms with E-state index in [0.717, 1.165) is 0 Å². The third-order valence-electron chi connectivity index (χ3n) is 3.48. The van der Waals surface area contributed by atoms with Gasteiger partial charge in [-0.3, -0.25) is 4.79 Å². The molecule has 2 aromatic carbocycles. The van der Waals surface area contributed by atoms with Crippen LogP contribution in [-0.2, 0) is 0 Å². The zero-order chi connectivity index (χ0) is 16.4. The van der Waals surface area contributed by atoms with Gasteiger partial charge in [0.15, 0.2) is 17.7 Å². The van der Waals surface area contributed by atoms with Gasteiger partial charge in [0, 0.05) is 5.56 Å². The lowest BCUT2D eigenvalue weighted by molar-refractivity contribution is 0.0755. The van der Waals surface area contributed by atoms with Crippen molar-refractivity contribution in [2.24, 2.45) is 0 Å². The lowest BCUT2D eigenvalue weighted by Gasteiger charge is -2.27. The molecule has 3 rings (SSSR count). The summed E-state index contributed by atoms with van der Waals surface area (Å²) in [5.41, 5.74) is 1.19. The van der Waals surface area contributed by atoms with Crippen LogP contribution < -0.4 is 19.5 Å². The number of methoxy groups -OCH3 is 1. The number of halogens is 1. The third kappa shape index (κ3) is 2.92. The summed E-state index contributed by atoms with van der Waals surface area (Å²) in [5.74, 6) is 1.31. The molecule has 5 nitrogen and oxygen atoms in total. The highest BCUT2D eigenvalue weighted by molar-refractivity contribution is 6.32. The first-order chi connectivity index (χ1) is 11.1. The maximum Gasteiger partial charge on any atom is 0.258 e. The van der Waals surface area contributed by atoms with Crippen LogP contribution in [0.15, 0.2) is 36.4 Å². The fourth-order valence-corrected chi connectivity index (χ4v) is 2.71. The summed E-state index contributed by atoms with van der Waals surface area (Å²) in [6, 6.07) is 10.5. The lowest BCUT2D eigenvalue weighted by Crippen LogP contribution is -2.36. The number of fused-ring (bicyclic) bond motifs is 1. The predicted octanol–water partition coefficient (Wildman–Crippen LogP) is 3.57. The zero-order valence-electron chi connectivity index (χ0n) is 12.8. The monoisotopic (exact) mass is 333 g/mol. The second-order valence-electron chi connectivity index (χ2n) is 4.93. The molecule has 1 atom stereocenters. The molecular weight excluding hydrogens is 318 g/mol. The first-order valence-corrected chi connectivity index (χ1v) is 7.58. The number of ether oxygens (including phenoxy) is 3. The summed E-state index contributed by atoms with van der Waals surface area (Å²) >= 11 is 6.27. The van der Waals surface area contributed by atoms with Crippen LogP contribution in [0, 0.1) is 0 Å². The molecule has 0 saturated heterocycles. The van der Waals surface area contributed by atoms with E-state index in [1.165, 1.54) is 7.11 Å². The maximum absolute atomic E-state index is 12.2. The fraction of sp³-hybridized carbons (Fsp3) is 0.235. The van der Waals surface area contributed by atoms with Crippen molar-refractivity contribution in [1.82, 2.24) is 5.32 Å². The summed E-state index contributed by atoms with van der Waals surface area (Å²) in [5, 5.41) is 3.20. The molecule has 0 bridgehead atoms. The quantitative estimate of drug-likeness (QED) is 0.929. The Labute approximate surface area is 139 Å². The molecule has 0 aromatic heterocycles. The summed E-state index contributed by atoms with van der Waals surface area (Å²) < 4.78 is 16.7. The zero-order valence-corrected chi connectivity index (χ0v) is 13.5. The normalized spacial score (nSPS) is 16.1. The molecular formula is C17H16ClNO4. The lowest BCUT2D eigenvalue weighted by atomic mass is 10.1. The summed E-state index contributed by atoms with van der Waals surface area (Å²) in [7, 11) is 1.54. The van der Waals surface area contributed by atoms with Crippen molar-refractivity contribution in [2.75, 3.05) is 13.7 Å². The van der Waals surface area contributed by atoms with Crippen LogP contribution in [0.5, 0.6) is 17.2 Å². The molecule has 1 amide bonds. The van der Waals surface area contributed by atoms with E-state index in [0.29, 0.717) is 40.0 Å². The number of nitrogens with one attached hydrogen (secondary N) is 1. The standard InChI is InChI=1S/C17H16ClNO4/c1-3-22-15-12(18)8-10(9-14(15)21-2)17-19-16(20)11-6-4-5-7-13(11)23-17/h4-9,17H,3H2,1-2H3,(H,19,20)/t17-/m0/s1. The molecule has 1 N–H and O–H groups in total. The van der Waals surface area contributed by atoms with Gasteiger partial charge >= 0.3 is 0 Å². The number of carbonyl (C=O) groups is 1.